The Morgan fingerprint density at radius 2 is 0.950 bits per heavy atom. The Bertz CT molecular complexity index is 787. The molecule has 40 heavy (non-hydrogen) atoms. The van der Waals surface area contributed by atoms with Gasteiger partial charge in [-0.25, -0.2) is 0 Å². The highest BCUT2D eigenvalue weighted by Gasteiger charge is 2.39. The second-order valence-electron chi connectivity index (χ2n) is 10.2. The van der Waals surface area contributed by atoms with Crippen LogP contribution in [0.5, 0.6) is 0 Å². The molecule has 0 aromatic rings. The van der Waals surface area contributed by atoms with Gasteiger partial charge < -0.3 is 18.9 Å². The molecule has 0 aromatic heterocycles. The van der Waals surface area contributed by atoms with E-state index >= 15 is 0 Å². The first-order valence-electron chi connectivity index (χ1n) is 13.4. The van der Waals surface area contributed by atoms with Crippen LogP contribution in [0.15, 0.2) is 0 Å². The molecule has 0 atom stereocenters. The highest BCUT2D eigenvalue weighted by molar-refractivity contribution is 8.77. The fraction of sp³-hybridized carbons (Fsp3) is 0.840. The van der Waals surface area contributed by atoms with Crippen molar-refractivity contribution < 1.29 is 38.1 Å². The molecule has 3 aliphatic heterocycles. The van der Waals surface area contributed by atoms with E-state index in [2.05, 4.69) is 4.90 Å². The van der Waals surface area contributed by atoms with Crippen LogP contribution in [0.1, 0.15) is 39.5 Å². The van der Waals surface area contributed by atoms with Crippen LogP contribution in [0.3, 0.4) is 0 Å². The molecule has 9 nitrogen and oxygen atoms in total. The van der Waals surface area contributed by atoms with Crippen molar-refractivity contribution >= 4 is 88.6 Å². The van der Waals surface area contributed by atoms with Crippen LogP contribution in [0.25, 0.3) is 0 Å². The van der Waals surface area contributed by atoms with Crippen LogP contribution < -0.4 is 0 Å². The van der Waals surface area contributed by atoms with Crippen LogP contribution >= 0.6 is 64.8 Å². The topological polar surface area (TPSA) is 108 Å². The van der Waals surface area contributed by atoms with Gasteiger partial charge in [0, 0.05) is 66.5 Å². The van der Waals surface area contributed by atoms with E-state index < -0.39 is 0 Å². The zero-order valence-electron chi connectivity index (χ0n) is 23.1. The van der Waals surface area contributed by atoms with Crippen LogP contribution in [0.2, 0.25) is 0 Å². The first-order valence-corrected chi connectivity index (χ1v) is 20.8. The van der Waals surface area contributed by atoms with Gasteiger partial charge in [-0.3, -0.25) is 24.1 Å². The second kappa shape index (κ2) is 17.9. The van der Waals surface area contributed by atoms with E-state index in [9.17, 15) is 19.2 Å². The standard InChI is InChI=1S/C25H39NO8S6/c1-3-20(27)31-11-24(15-37-38-16-24)13-33-22(29)5-7-26(19-9-35-36-10-19)8-6-23(30)34-14-25(17-39-40-18-25)12-32-21(28)4-2/h19H,3-18H2,1-2H3. The minimum Gasteiger partial charge on any atom is -0.465 e. The van der Waals surface area contributed by atoms with Crippen molar-refractivity contribution in [2.45, 2.75) is 45.6 Å². The molecule has 0 saturated carbocycles. The molecule has 228 valence electrons. The molecule has 0 unspecified atom stereocenters. The molecule has 3 fully saturated rings. The fourth-order valence-corrected chi connectivity index (χ4v) is 13.4. The van der Waals surface area contributed by atoms with Crippen LogP contribution in [-0.2, 0) is 38.1 Å². The molecule has 0 amide bonds. The normalized spacial score (nSPS) is 20.0. The third kappa shape index (κ3) is 11.6. The summed E-state index contributed by atoms with van der Waals surface area (Å²) >= 11 is 0. The average molecular weight is 674 g/mol. The number of hydrogen-bond donors (Lipinski definition) is 0. The first kappa shape index (κ1) is 34.4. The molecule has 0 bridgehead atoms. The number of nitrogens with zero attached hydrogens (tertiary/aromatic N) is 1. The quantitative estimate of drug-likeness (QED) is 0.122. The predicted molar refractivity (Wildman–Crippen MR) is 169 cm³/mol. The van der Waals surface area contributed by atoms with Gasteiger partial charge in [0.2, 0.25) is 0 Å². The molecule has 0 aliphatic carbocycles. The number of hydrogen-bond acceptors (Lipinski definition) is 15. The Balaban J connectivity index is 1.43. The Labute approximate surface area is 260 Å². The summed E-state index contributed by atoms with van der Waals surface area (Å²) in [6.07, 6.45) is 1.11. The van der Waals surface area contributed by atoms with E-state index in [1.165, 1.54) is 0 Å². The Kier molecular flexibility index (Phi) is 15.4. The largest absolute Gasteiger partial charge is 0.465 e. The number of rotatable bonds is 17. The molecule has 0 N–H and O–H groups in total. The maximum Gasteiger partial charge on any atom is 0.307 e. The maximum atomic E-state index is 12.7. The van der Waals surface area contributed by atoms with Crippen molar-refractivity contribution in [3.63, 3.8) is 0 Å². The molecule has 3 saturated heterocycles. The van der Waals surface area contributed by atoms with Gasteiger partial charge in [0.1, 0.15) is 26.4 Å². The number of carbonyl (C=O) groups is 4. The Morgan fingerprint density at radius 1 is 0.600 bits per heavy atom. The summed E-state index contributed by atoms with van der Waals surface area (Å²) in [6, 6.07) is 0.278. The minimum absolute atomic E-state index is 0.229. The van der Waals surface area contributed by atoms with Gasteiger partial charge in [-0.2, -0.15) is 0 Å². The summed E-state index contributed by atoms with van der Waals surface area (Å²) in [7, 11) is 10.4. The Morgan fingerprint density at radius 3 is 1.30 bits per heavy atom. The van der Waals surface area contributed by atoms with Crippen molar-refractivity contribution in [3.8, 4) is 0 Å². The van der Waals surface area contributed by atoms with Crippen LogP contribution in [0, 0.1) is 10.8 Å². The van der Waals surface area contributed by atoms with Crippen LogP contribution in [0.4, 0.5) is 0 Å². The minimum atomic E-state index is -0.347. The summed E-state index contributed by atoms with van der Waals surface area (Å²) < 4.78 is 22.1. The second-order valence-corrected chi connectivity index (χ2v) is 17.6. The lowest BCUT2D eigenvalue weighted by Crippen LogP contribution is -2.41. The van der Waals surface area contributed by atoms with Gasteiger partial charge in [0.15, 0.2) is 0 Å². The lowest BCUT2D eigenvalue weighted by atomic mass is 9.95. The maximum absolute atomic E-state index is 12.7. The van der Waals surface area contributed by atoms with E-state index in [0.29, 0.717) is 25.9 Å². The predicted octanol–water partition coefficient (Wildman–Crippen LogP) is 4.59. The van der Waals surface area contributed by atoms with Crippen molar-refractivity contribution in [2.75, 3.05) is 74.0 Å². The summed E-state index contributed by atoms with van der Waals surface area (Å²) in [5.41, 5.74) is -0.693. The molecule has 3 heterocycles. The number of ether oxygens (including phenoxy) is 4. The molecular weight excluding hydrogens is 635 g/mol. The number of carbonyl (C=O) groups excluding carboxylic acids is 4. The molecule has 0 spiro atoms. The molecule has 15 heteroatoms. The fourth-order valence-electron chi connectivity index (χ4n) is 3.91. The van der Waals surface area contributed by atoms with E-state index in [1.807, 2.05) is 0 Å². The van der Waals surface area contributed by atoms with Gasteiger partial charge in [-0.05, 0) is 0 Å². The monoisotopic (exact) mass is 673 g/mol. The van der Waals surface area contributed by atoms with Crippen LogP contribution in [-0.4, -0.2) is 109 Å². The molecule has 3 rings (SSSR count). The number of esters is 4. The summed E-state index contributed by atoms with van der Waals surface area (Å²) in [4.78, 5) is 50.9. The Hall–Kier alpha value is -0.0600. The van der Waals surface area contributed by atoms with E-state index in [-0.39, 0.29) is 80.0 Å². The third-order valence-electron chi connectivity index (χ3n) is 6.69. The zero-order chi connectivity index (χ0) is 28.8. The van der Waals surface area contributed by atoms with Crippen molar-refractivity contribution in [2.24, 2.45) is 10.8 Å². The summed E-state index contributed by atoms with van der Waals surface area (Å²) in [5.74, 6) is 3.90. The van der Waals surface area contributed by atoms with Crippen molar-refractivity contribution in [3.05, 3.63) is 0 Å². The summed E-state index contributed by atoms with van der Waals surface area (Å²) in [5, 5.41) is 0. The average Bonchev–Trinajstić information content (AvgIpc) is 3.76. The van der Waals surface area contributed by atoms with Gasteiger partial charge in [0.05, 0.1) is 23.7 Å². The van der Waals surface area contributed by atoms with Gasteiger partial charge in [0.25, 0.3) is 0 Å². The first-order chi connectivity index (χ1) is 19.3. The SMILES string of the molecule is CCC(=O)OCC1(COC(=O)CCN(CCC(=O)OCC2(COC(=O)CC)CSSC2)C2CSSC2)CSSC1. The third-order valence-corrected chi connectivity index (χ3v) is 14.9. The molecule has 3 aliphatic rings. The molecular formula is C25H39NO8S6. The van der Waals surface area contributed by atoms with E-state index in [1.54, 1.807) is 78.6 Å². The lowest BCUT2D eigenvalue weighted by molar-refractivity contribution is -0.153. The highest BCUT2D eigenvalue weighted by Crippen LogP contribution is 2.44. The van der Waals surface area contributed by atoms with Gasteiger partial charge in [-0.15, -0.1) is 0 Å². The summed E-state index contributed by atoms with van der Waals surface area (Å²) in [6.45, 7) is 5.52. The van der Waals surface area contributed by atoms with Gasteiger partial charge >= 0.3 is 23.9 Å². The molecule has 0 aromatic carbocycles. The smallest absolute Gasteiger partial charge is 0.307 e. The molecule has 0 radical (unpaired) electrons. The van der Waals surface area contributed by atoms with E-state index in [4.69, 9.17) is 18.9 Å². The van der Waals surface area contributed by atoms with Crippen molar-refractivity contribution in [1.29, 1.82) is 0 Å². The zero-order valence-corrected chi connectivity index (χ0v) is 28.0. The van der Waals surface area contributed by atoms with E-state index in [0.717, 1.165) is 34.5 Å². The lowest BCUT2D eigenvalue weighted by Gasteiger charge is -2.29. The van der Waals surface area contributed by atoms with Gasteiger partial charge in [-0.1, -0.05) is 78.6 Å². The highest BCUT2D eigenvalue weighted by atomic mass is 33.1. The van der Waals surface area contributed by atoms with Crippen molar-refractivity contribution in [1.82, 2.24) is 4.90 Å².